The first-order valence-electron chi connectivity index (χ1n) is 22.3. The van der Waals surface area contributed by atoms with Crippen LogP contribution >= 0.6 is 0 Å². The molecule has 4 rings (SSSR count). The molecule has 0 aliphatic heterocycles. The topological polar surface area (TPSA) is 76.7 Å². The first kappa shape index (κ1) is 45.1. The van der Waals surface area contributed by atoms with E-state index in [1.165, 1.54) is 103 Å². The zero-order valence-electron chi connectivity index (χ0n) is 35.1. The SMILES string of the molecule is CCCCCCCCCCCCOc1ccccc1C(=O)Nc1ccc(Cc2ccc(NC(=O)c3ccccc3OCCCCCCCCCCCC)cc2)cc1. The van der Waals surface area contributed by atoms with Crippen LogP contribution in [0, 0.1) is 0 Å². The van der Waals surface area contributed by atoms with Gasteiger partial charge in [0.15, 0.2) is 0 Å². The van der Waals surface area contributed by atoms with E-state index in [9.17, 15) is 9.59 Å². The van der Waals surface area contributed by atoms with Crippen LogP contribution in [-0.4, -0.2) is 25.0 Å². The predicted octanol–water partition coefficient (Wildman–Crippen LogP) is 14.4. The minimum absolute atomic E-state index is 0.178. The summed E-state index contributed by atoms with van der Waals surface area (Å²) in [7, 11) is 0. The maximum Gasteiger partial charge on any atom is 0.259 e. The summed E-state index contributed by atoms with van der Waals surface area (Å²) in [4.78, 5) is 26.5. The van der Waals surface area contributed by atoms with Crippen LogP contribution in [-0.2, 0) is 6.42 Å². The van der Waals surface area contributed by atoms with Gasteiger partial charge < -0.3 is 20.1 Å². The third-order valence-electron chi connectivity index (χ3n) is 10.6. The van der Waals surface area contributed by atoms with E-state index in [1.54, 1.807) is 0 Å². The molecule has 0 saturated carbocycles. The quantitative estimate of drug-likeness (QED) is 0.0517. The van der Waals surface area contributed by atoms with Gasteiger partial charge in [0.25, 0.3) is 11.8 Å². The van der Waals surface area contributed by atoms with Crippen LogP contribution in [0.3, 0.4) is 0 Å². The molecule has 0 spiro atoms. The Bertz CT molecular complexity index is 1560. The molecule has 6 nitrogen and oxygen atoms in total. The van der Waals surface area contributed by atoms with Crippen molar-refractivity contribution in [1.29, 1.82) is 0 Å². The maximum absolute atomic E-state index is 13.2. The number of benzene rings is 4. The molecular formula is C51H70N2O4. The van der Waals surface area contributed by atoms with Crippen LogP contribution in [0.15, 0.2) is 97.1 Å². The Kier molecular flexibility index (Phi) is 22.1. The number of carbonyl (C=O) groups excluding carboxylic acids is 2. The zero-order chi connectivity index (χ0) is 40.2. The van der Waals surface area contributed by atoms with E-state index in [0.29, 0.717) is 35.8 Å². The van der Waals surface area contributed by atoms with Crippen molar-refractivity contribution < 1.29 is 19.1 Å². The lowest BCUT2D eigenvalue weighted by molar-refractivity contribution is 0.101. The highest BCUT2D eigenvalue weighted by molar-refractivity contribution is 6.06. The van der Waals surface area contributed by atoms with Crippen molar-refractivity contribution in [2.24, 2.45) is 0 Å². The summed E-state index contributed by atoms with van der Waals surface area (Å²) in [5.41, 5.74) is 4.80. The van der Waals surface area contributed by atoms with Crippen LogP contribution in [0.2, 0.25) is 0 Å². The van der Waals surface area contributed by atoms with Crippen molar-refractivity contribution >= 4 is 23.2 Å². The number of nitrogens with one attached hydrogen (secondary N) is 2. The van der Waals surface area contributed by atoms with E-state index in [-0.39, 0.29) is 11.8 Å². The summed E-state index contributed by atoms with van der Waals surface area (Å²) >= 11 is 0. The minimum Gasteiger partial charge on any atom is -0.493 e. The Hall–Kier alpha value is -4.58. The van der Waals surface area contributed by atoms with Crippen molar-refractivity contribution in [2.75, 3.05) is 23.8 Å². The van der Waals surface area contributed by atoms with Crippen LogP contribution in [0.4, 0.5) is 11.4 Å². The maximum atomic E-state index is 13.2. The number of para-hydroxylation sites is 2. The second kappa shape index (κ2) is 27.9. The average Bonchev–Trinajstić information content (AvgIpc) is 3.23. The molecule has 0 bridgehead atoms. The molecule has 0 radical (unpaired) electrons. The molecule has 0 aromatic heterocycles. The first-order chi connectivity index (χ1) is 28.1. The molecule has 2 amide bonds. The molecule has 57 heavy (non-hydrogen) atoms. The van der Waals surface area contributed by atoms with Crippen molar-refractivity contribution in [2.45, 2.75) is 149 Å². The van der Waals surface area contributed by atoms with Crippen molar-refractivity contribution in [3.05, 3.63) is 119 Å². The van der Waals surface area contributed by atoms with Gasteiger partial charge in [-0.05, 0) is 78.9 Å². The monoisotopic (exact) mass is 775 g/mol. The fraction of sp³-hybridized carbons (Fsp3) is 0.490. The summed E-state index contributed by atoms with van der Waals surface area (Å²) in [6.07, 6.45) is 26.2. The number of rotatable bonds is 30. The molecule has 0 atom stereocenters. The average molecular weight is 775 g/mol. The Morgan fingerprint density at radius 3 is 1.07 bits per heavy atom. The van der Waals surface area contributed by atoms with Crippen LogP contribution in [0.25, 0.3) is 0 Å². The fourth-order valence-corrected chi connectivity index (χ4v) is 7.15. The number of unbranched alkanes of at least 4 members (excludes halogenated alkanes) is 18. The second-order valence-corrected chi connectivity index (χ2v) is 15.5. The Morgan fingerprint density at radius 1 is 0.404 bits per heavy atom. The van der Waals surface area contributed by atoms with Gasteiger partial charge in [0, 0.05) is 11.4 Å². The van der Waals surface area contributed by atoms with Crippen LogP contribution in [0.1, 0.15) is 174 Å². The largest absolute Gasteiger partial charge is 0.493 e. The number of ether oxygens (including phenoxy) is 2. The Morgan fingerprint density at radius 2 is 0.719 bits per heavy atom. The lowest BCUT2D eigenvalue weighted by Gasteiger charge is -2.13. The number of hydrogen-bond donors (Lipinski definition) is 2. The van der Waals surface area contributed by atoms with E-state index in [0.717, 1.165) is 54.6 Å². The first-order valence-corrected chi connectivity index (χ1v) is 22.3. The molecule has 4 aromatic carbocycles. The van der Waals surface area contributed by atoms with Crippen LogP contribution in [0.5, 0.6) is 11.5 Å². The van der Waals surface area contributed by atoms with Crippen molar-refractivity contribution in [1.82, 2.24) is 0 Å². The minimum atomic E-state index is -0.178. The highest BCUT2D eigenvalue weighted by Gasteiger charge is 2.14. The predicted molar refractivity (Wildman–Crippen MR) is 239 cm³/mol. The van der Waals surface area contributed by atoms with E-state index in [2.05, 4.69) is 24.5 Å². The van der Waals surface area contributed by atoms with Crippen LogP contribution < -0.4 is 20.1 Å². The van der Waals surface area contributed by atoms with Gasteiger partial charge in [0.05, 0.1) is 24.3 Å². The molecule has 0 aliphatic carbocycles. The molecule has 0 aliphatic rings. The second-order valence-electron chi connectivity index (χ2n) is 15.5. The number of anilines is 2. The van der Waals surface area contributed by atoms with E-state index in [1.807, 2.05) is 97.1 Å². The lowest BCUT2D eigenvalue weighted by Crippen LogP contribution is -2.14. The van der Waals surface area contributed by atoms with Crippen molar-refractivity contribution in [3.63, 3.8) is 0 Å². The molecular weight excluding hydrogens is 705 g/mol. The Balaban J connectivity index is 1.15. The Labute approximate surface area is 344 Å². The molecule has 0 heterocycles. The molecule has 2 N–H and O–H groups in total. The van der Waals surface area contributed by atoms with Gasteiger partial charge in [-0.1, -0.05) is 178 Å². The molecule has 4 aromatic rings. The lowest BCUT2D eigenvalue weighted by atomic mass is 10.0. The third-order valence-corrected chi connectivity index (χ3v) is 10.6. The number of amides is 2. The van der Waals surface area contributed by atoms with E-state index >= 15 is 0 Å². The normalized spacial score (nSPS) is 11.0. The summed E-state index contributed by atoms with van der Waals surface area (Å²) in [6, 6.07) is 30.8. The summed E-state index contributed by atoms with van der Waals surface area (Å²) in [5.74, 6) is 0.892. The van der Waals surface area contributed by atoms with Gasteiger partial charge in [-0.3, -0.25) is 9.59 Å². The summed E-state index contributed by atoms with van der Waals surface area (Å²) in [5, 5.41) is 6.07. The molecule has 0 unspecified atom stereocenters. The molecule has 0 saturated heterocycles. The van der Waals surface area contributed by atoms with Gasteiger partial charge in [-0.25, -0.2) is 0 Å². The summed E-state index contributed by atoms with van der Waals surface area (Å²) in [6.45, 7) is 5.75. The highest BCUT2D eigenvalue weighted by Crippen LogP contribution is 2.24. The van der Waals surface area contributed by atoms with Gasteiger partial charge in [0.1, 0.15) is 11.5 Å². The summed E-state index contributed by atoms with van der Waals surface area (Å²) < 4.78 is 12.1. The van der Waals surface area contributed by atoms with E-state index < -0.39 is 0 Å². The standard InChI is InChI=1S/C51H70N2O4/c1-3-5-7-9-11-13-15-17-19-25-39-56-48-29-23-21-27-46(48)50(54)52-44-35-31-42(32-36-44)41-43-33-37-45(38-34-43)53-51(55)47-28-22-24-30-49(47)57-40-26-20-18-16-14-12-10-8-6-4-2/h21-24,27-38H,3-20,25-26,39-41H2,1-2H3,(H,52,54)(H,53,55). The van der Waals surface area contributed by atoms with Gasteiger partial charge in [-0.15, -0.1) is 0 Å². The van der Waals surface area contributed by atoms with Crippen molar-refractivity contribution in [3.8, 4) is 11.5 Å². The smallest absolute Gasteiger partial charge is 0.259 e. The molecule has 6 heteroatoms. The third kappa shape index (κ3) is 18.0. The van der Waals surface area contributed by atoms with Gasteiger partial charge in [0.2, 0.25) is 0 Å². The number of hydrogen-bond acceptors (Lipinski definition) is 4. The highest BCUT2D eigenvalue weighted by atomic mass is 16.5. The number of carbonyl (C=O) groups is 2. The van der Waals surface area contributed by atoms with Gasteiger partial charge in [-0.2, -0.15) is 0 Å². The molecule has 0 fully saturated rings. The fourth-order valence-electron chi connectivity index (χ4n) is 7.15. The van der Waals surface area contributed by atoms with Gasteiger partial charge >= 0.3 is 0 Å². The van der Waals surface area contributed by atoms with E-state index in [4.69, 9.17) is 9.47 Å². The zero-order valence-corrected chi connectivity index (χ0v) is 35.1. The molecule has 308 valence electrons.